The number of methoxy groups -OCH3 is 1. The number of likely N-dealkylation sites (N-methyl/N-ethyl adjacent to an activating group) is 1. The van der Waals surface area contributed by atoms with Crippen LogP contribution in [0.1, 0.15) is 11.1 Å². The number of ether oxygens (including phenoxy) is 1. The van der Waals surface area contributed by atoms with E-state index in [9.17, 15) is 0 Å². The van der Waals surface area contributed by atoms with Gasteiger partial charge in [0.25, 0.3) is 0 Å². The van der Waals surface area contributed by atoms with Crippen molar-refractivity contribution in [3.05, 3.63) is 66.0 Å². The summed E-state index contributed by atoms with van der Waals surface area (Å²) in [7, 11) is 3.94. The molecule has 5 nitrogen and oxygen atoms in total. The smallest absolute Gasteiger partial charge is 0.118 e. The Hall–Kier alpha value is -2.50. The van der Waals surface area contributed by atoms with Gasteiger partial charge in [0.15, 0.2) is 0 Å². The van der Waals surface area contributed by atoms with Crippen LogP contribution in [0.4, 0.5) is 0 Å². The molecule has 146 valence electrons. The number of hydrogen-bond donors (Lipinski definition) is 0. The van der Waals surface area contributed by atoms with Gasteiger partial charge in [-0.1, -0.05) is 12.1 Å². The Balaban J connectivity index is 1.49. The van der Waals surface area contributed by atoms with Crippen molar-refractivity contribution < 1.29 is 4.74 Å². The largest absolute Gasteiger partial charge is 0.497 e. The van der Waals surface area contributed by atoms with E-state index in [1.165, 1.54) is 11.1 Å². The molecule has 4 rings (SSSR count). The molecule has 0 bridgehead atoms. The molecule has 0 amide bonds. The number of fused-ring (bicyclic) bond motifs is 1. The Morgan fingerprint density at radius 1 is 1.00 bits per heavy atom. The van der Waals surface area contributed by atoms with E-state index in [0.29, 0.717) is 5.92 Å². The second kappa shape index (κ2) is 8.67. The summed E-state index contributed by atoms with van der Waals surface area (Å²) in [6.07, 6.45) is 4.80. The molecule has 0 saturated carbocycles. The average molecular weight is 377 g/mol. The third-order valence-electron chi connectivity index (χ3n) is 5.54. The van der Waals surface area contributed by atoms with Gasteiger partial charge in [0.05, 0.1) is 18.1 Å². The molecule has 1 atom stereocenters. The molecule has 3 aromatic rings. The highest BCUT2D eigenvalue weighted by Gasteiger charge is 2.22. The summed E-state index contributed by atoms with van der Waals surface area (Å²) in [5.41, 5.74) is 4.66. The third kappa shape index (κ3) is 4.49. The molecule has 1 saturated heterocycles. The van der Waals surface area contributed by atoms with Crippen LogP contribution < -0.4 is 4.74 Å². The fourth-order valence-electron chi connectivity index (χ4n) is 4.13. The van der Waals surface area contributed by atoms with Crippen LogP contribution in [0.15, 0.2) is 54.9 Å². The molecule has 1 aliphatic rings. The van der Waals surface area contributed by atoms with Gasteiger partial charge in [0.2, 0.25) is 0 Å². The van der Waals surface area contributed by atoms with Gasteiger partial charge in [-0.3, -0.25) is 14.9 Å². The Kier molecular flexibility index (Phi) is 5.84. The lowest BCUT2D eigenvalue weighted by Crippen LogP contribution is -2.30. The first-order valence-corrected chi connectivity index (χ1v) is 9.93. The molecule has 28 heavy (non-hydrogen) atoms. The first kappa shape index (κ1) is 18.8. The predicted octanol–water partition coefficient (Wildman–Crippen LogP) is 3.24. The standard InChI is InChI=1S/C23H28N4O/c1-26-12-13-27(16-18-5-7-21(28-2)8-6-18)17-19(15-26)14-20-9-11-24-22-4-3-10-25-23(20)22/h3-11,19H,12-17H2,1-2H3. The van der Waals surface area contributed by atoms with Crippen LogP contribution in [0.2, 0.25) is 0 Å². The van der Waals surface area contributed by atoms with E-state index >= 15 is 0 Å². The lowest BCUT2D eigenvalue weighted by Gasteiger charge is -2.24. The Morgan fingerprint density at radius 3 is 2.68 bits per heavy atom. The minimum absolute atomic E-state index is 0.568. The van der Waals surface area contributed by atoms with E-state index in [2.05, 4.69) is 45.0 Å². The van der Waals surface area contributed by atoms with Gasteiger partial charge in [0, 0.05) is 45.1 Å². The molecule has 0 aliphatic carbocycles. The number of rotatable bonds is 5. The third-order valence-corrected chi connectivity index (χ3v) is 5.54. The average Bonchev–Trinajstić information content (AvgIpc) is 2.89. The molecule has 1 unspecified atom stereocenters. The molecular formula is C23H28N4O. The van der Waals surface area contributed by atoms with Gasteiger partial charge >= 0.3 is 0 Å². The Labute approximate surface area is 167 Å². The van der Waals surface area contributed by atoms with Crippen LogP contribution in [0.3, 0.4) is 0 Å². The molecule has 3 heterocycles. The van der Waals surface area contributed by atoms with Crippen LogP contribution >= 0.6 is 0 Å². The van der Waals surface area contributed by atoms with Crippen molar-refractivity contribution in [1.82, 2.24) is 19.8 Å². The maximum Gasteiger partial charge on any atom is 0.118 e. The summed E-state index contributed by atoms with van der Waals surface area (Å²) in [5.74, 6) is 1.48. The highest BCUT2D eigenvalue weighted by molar-refractivity contribution is 5.77. The highest BCUT2D eigenvalue weighted by Crippen LogP contribution is 2.21. The molecule has 0 radical (unpaired) electrons. The summed E-state index contributed by atoms with van der Waals surface area (Å²) >= 11 is 0. The lowest BCUT2D eigenvalue weighted by molar-refractivity contribution is 0.249. The molecule has 0 N–H and O–H groups in total. The summed E-state index contributed by atoms with van der Waals surface area (Å²) < 4.78 is 5.28. The molecule has 1 aliphatic heterocycles. The second-order valence-electron chi connectivity index (χ2n) is 7.76. The Bertz CT molecular complexity index is 907. The first-order chi connectivity index (χ1) is 13.7. The maximum absolute atomic E-state index is 5.28. The molecule has 5 heteroatoms. The van der Waals surface area contributed by atoms with Crippen molar-refractivity contribution in [2.75, 3.05) is 40.3 Å². The summed E-state index contributed by atoms with van der Waals surface area (Å²) in [5, 5.41) is 0. The van der Waals surface area contributed by atoms with Crippen LogP contribution in [0.5, 0.6) is 5.75 Å². The van der Waals surface area contributed by atoms with E-state index < -0.39 is 0 Å². The molecular weight excluding hydrogens is 348 g/mol. The van der Waals surface area contributed by atoms with Crippen LogP contribution in [0.25, 0.3) is 11.0 Å². The SMILES string of the molecule is COc1ccc(CN2CCN(C)CC(Cc3ccnc4cccnc34)C2)cc1. The topological polar surface area (TPSA) is 41.5 Å². The fraction of sp³-hybridized carbons (Fsp3) is 0.391. The number of pyridine rings is 2. The van der Waals surface area contributed by atoms with Crippen LogP contribution in [0, 0.1) is 5.92 Å². The summed E-state index contributed by atoms with van der Waals surface area (Å²) in [4.78, 5) is 14.1. The molecule has 2 aromatic heterocycles. The zero-order chi connectivity index (χ0) is 19.3. The Morgan fingerprint density at radius 2 is 1.86 bits per heavy atom. The van der Waals surface area contributed by atoms with Gasteiger partial charge in [-0.15, -0.1) is 0 Å². The van der Waals surface area contributed by atoms with E-state index in [1.807, 2.05) is 36.7 Å². The number of aromatic nitrogens is 2. The molecule has 1 aromatic carbocycles. The van der Waals surface area contributed by atoms with Crippen LogP contribution in [-0.4, -0.2) is 60.1 Å². The zero-order valence-corrected chi connectivity index (χ0v) is 16.7. The second-order valence-corrected chi connectivity index (χ2v) is 7.76. The van der Waals surface area contributed by atoms with Gasteiger partial charge in [-0.25, -0.2) is 0 Å². The van der Waals surface area contributed by atoms with Crippen molar-refractivity contribution in [2.45, 2.75) is 13.0 Å². The fourth-order valence-corrected chi connectivity index (χ4v) is 4.13. The van der Waals surface area contributed by atoms with Gasteiger partial charge in [0.1, 0.15) is 5.75 Å². The van der Waals surface area contributed by atoms with Gasteiger partial charge < -0.3 is 9.64 Å². The molecule has 0 spiro atoms. The van der Waals surface area contributed by atoms with Crippen molar-refractivity contribution in [1.29, 1.82) is 0 Å². The summed E-state index contributed by atoms with van der Waals surface area (Å²) in [6.45, 7) is 5.36. The predicted molar refractivity (Wildman–Crippen MR) is 113 cm³/mol. The molecule has 1 fully saturated rings. The van der Waals surface area contributed by atoms with Crippen molar-refractivity contribution in [3.8, 4) is 5.75 Å². The van der Waals surface area contributed by atoms with Crippen molar-refractivity contribution >= 4 is 11.0 Å². The van der Waals surface area contributed by atoms with Crippen molar-refractivity contribution in [2.24, 2.45) is 5.92 Å². The van der Waals surface area contributed by atoms with Gasteiger partial charge in [-0.05, 0) is 60.8 Å². The van der Waals surface area contributed by atoms with E-state index in [-0.39, 0.29) is 0 Å². The minimum atomic E-state index is 0.568. The van der Waals surface area contributed by atoms with E-state index in [0.717, 1.165) is 55.9 Å². The quantitative estimate of drug-likeness (QED) is 0.684. The maximum atomic E-state index is 5.28. The normalized spacial score (nSPS) is 18.9. The number of benzene rings is 1. The first-order valence-electron chi connectivity index (χ1n) is 9.93. The lowest BCUT2D eigenvalue weighted by atomic mass is 9.97. The van der Waals surface area contributed by atoms with Gasteiger partial charge in [-0.2, -0.15) is 0 Å². The highest BCUT2D eigenvalue weighted by atomic mass is 16.5. The van der Waals surface area contributed by atoms with E-state index in [4.69, 9.17) is 4.74 Å². The van der Waals surface area contributed by atoms with Crippen LogP contribution in [-0.2, 0) is 13.0 Å². The summed E-state index contributed by atoms with van der Waals surface area (Å²) in [6, 6.07) is 14.6. The zero-order valence-electron chi connectivity index (χ0n) is 16.7. The number of nitrogens with zero attached hydrogens (tertiary/aromatic N) is 4. The monoisotopic (exact) mass is 376 g/mol. The number of hydrogen-bond acceptors (Lipinski definition) is 5. The van der Waals surface area contributed by atoms with Crippen molar-refractivity contribution in [3.63, 3.8) is 0 Å². The van der Waals surface area contributed by atoms with E-state index in [1.54, 1.807) is 7.11 Å². The minimum Gasteiger partial charge on any atom is -0.497 e.